The summed E-state index contributed by atoms with van der Waals surface area (Å²) in [4.78, 5) is 2.54. The SMILES string of the molecule is CCCNC1CCCN(c2cccc(CC)c2)C1. The van der Waals surface area contributed by atoms with Crippen LogP contribution in [0.25, 0.3) is 0 Å². The minimum Gasteiger partial charge on any atom is -0.370 e. The molecule has 0 bridgehead atoms. The van der Waals surface area contributed by atoms with E-state index in [0.29, 0.717) is 6.04 Å². The van der Waals surface area contributed by atoms with Crippen molar-refractivity contribution >= 4 is 5.69 Å². The number of hydrogen-bond acceptors (Lipinski definition) is 2. The summed E-state index contributed by atoms with van der Waals surface area (Å²) in [6, 6.07) is 9.69. The lowest BCUT2D eigenvalue weighted by molar-refractivity contribution is 0.423. The largest absolute Gasteiger partial charge is 0.370 e. The van der Waals surface area contributed by atoms with Crippen molar-refractivity contribution in [1.29, 1.82) is 0 Å². The predicted molar refractivity (Wildman–Crippen MR) is 79.3 cm³/mol. The molecular weight excluding hydrogens is 220 g/mol. The third-order valence-electron chi connectivity index (χ3n) is 3.79. The van der Waals surface area contributed by atoms with Crippen molar-refractivity contribution in [1.82, 2.24) is 5.32 Å². The minimum atomic E-state index is 0.670. The van der Waals surface area contributed by atoms with E-state index >= 15 is 0 Å². The van der Waals surface area contributed by atoms with Gasteiger partial charge in [0, 0.05) is 24.8 Å². The molecule has 1 saturated heterocycles. The van der Waals surface area contributed by atoms with Gasteiger partial charge in [0.25, 0.3) is 0 Å². The fraction of sp³-hybridized carbons (Fsp3) is 0.625. The Labute approximate surface area is 111 Å². The summed E-state index contributed by atoms with van der Waals surface area (Å²) in [6.45, 7) is 7.97. The zero-order valence-corrected chi connectivity index (χ0v) is 11.8. The van der Waals surface area contributed by atoms with Crippen LogP contribution in [0, 0.1) is 0 Å². The number of nitrogens with one attached hydrogen (secondary N) is 1. The zero-order valence-electron chi connectivity index (χ0n) is 11.8. The van der Waals surface area contributed by atoms with Crippen molar-refractivity contribution in [2.75, 3.05) is 24.5 Å². The molecule has 1 unspecified atom stereocenters. The highest BCUT2D eigenvalue weighted by molar-refractivity contribution is 5.49. The third kappa shape index (κ3) is 3.49. The molecule has 0 saturated carbocycles. The first-order valence-corrected chi connectivity index (χ1v) is 7.40. The summed E-state index contributed by atoms with van der Waals surface area (Å²) in [5.41, 5.74) is 2.84. The van der Waals surface area contributed by atoms with E-state index in [-0.39, 0.29) is 0 Å². The number of rotatable bonds is 5. The molecule has 0 aromatic heterocycles. The van der Waals surface area contributed by atoms with Gasteiger partial charge in [-0.15, -0.1) is 0 Å². The van der Waals surface area contributed by atoms with E-state index in [0.717, 1.165) is 19.5 Å². The molecule has 0 amide bonds. The summed E-state index contributed by atoms with van der Waals surface area (Å²) < 4.78 is 0. The van der Waals surface area contributed by atoms with Crippen LogP contribution >= 0.6 is 0 Å². The minimum absolute atomic E-state index is 0.670. The third-order valence-corrected chi connectivity index (χ3v) is 3.79. The maximum Gasteiger partial charge on any atom is 0.0369 e. The Bertz CT molecular complexity index is 362. The van der Waals surface area contributed by atoms with Gasteiger partial charge in [0.2, 0.25) is 0 Å². The van der Waals surface area contributed by atoms with Crippen LogP contribution in [-0.2, 0) is 6.42 Å². The van der Waals surface area contributed by atoms with Crippen molar-refractivity contribution in [2.24, 2.45) is 0 Å². The van der Waals surface area contributed by atoms with Crippen LogP contribution in [-0.4, -0.2) is 25.7 Å². The Morgan fingerprint density at radius 1 is 1.33 bits per heavy atom. The molecule has 2 heteroatoms. The van der Waals surface area contributed by atoms with Crippen molar-refractivity contribution < 1.29 is 0 Å². The Balaban J connectivity index is 1.98. The fourth-order valence-electron chi connectivity index (χ4n) is 2.70. The number of aryl methyl sites for hydroxylation is 1. The highest BCUT2D eigenvalue weighted by Crippen LogP contribution is 2.21. The molecule has 1 aliphatic heterocycles. The molecule has 1 fully saturated rings. The fourth-order valence-corrected chi connectivity index (χ4v) is 2.70. The van der Waals surface area contributed by atoms with Crippen molar-refractivity contribution in [3.63, 3.8) is 0 Å². The van der Waals surface area contributed by atoms with Crippen LogP contribution < -0.4 is 10.2 Å². The second-order valence-electron chi connectivity index (χ2n) is 5.26. The molecule has 0 aliphatic carbocycles. The Kier molecular flexibility index (Phi) is 5.06. The molecule has 0 radical (unpaired) electrons. The summed E-state index contributed by atoms with van der Waals surface area (Å²) in [5, 5.41) is 3.66. The highest BCUT2D eigenvalue weighted by atomic mass is 15.2. The number of anilines is 1. The molecule has 1 N–H and O–H groups in total. The van der Waals surface area contributed by atoms with Crippen molar-refractivity contribution in [3.05, 3.63) is 29.8 Å². The van der Waals surface area contributed by atoms with Crippen LogP contribution in [0.1, 0.15) is 38.7 Å². The molecule has 1 aliphatic rings. The monoisotopic (exact) mass is 246 g/mol. The second kappa shape index (κ2) is 6.79. The van der Waals surface area contributed by atoms with Crippen LogP contribution in [0.15, 0.2) is 24.3 Å². The Hall–Kier alpha value is -1.02. The van der Waals surface area contributed by atoms with Gasteiger partial charge in [0.05, 0.1) is 0 Å². The van der Waals surface area contributed by atoms with Gasteiger partial charge in [-0.2, -0.15) is 0 Å². The van der Waals surface area contributed by atoms with E-state index in [4.69, 9.17) is 0 Å². The molecule has 0 spiro atoms. The highest BCUT2D eigenvalue weighted by Gasteiger charge is 2.19. The van der Waals surface area contributed by atoms with E-state index in [1.807, 2.05) is 0 Å². The predicted octanol–water partition coefficient (Wildman–Crippen LogP) is 3.22. The molecule has 1 atom stereocenters. The Morgan fingerprint density at radius 3 is 3.00 bits per heavy atom. The number of piperidine rings is 1. The van der Waals surface area contributed by atoms with Crippen LogP contribution in [0.4, 0.5) is 5.69 Å². The maximum atomic E-state index is 3.66. The van der Waals surface area contributed by atoms with Gasteiger partial charge >= 0.3 is 0 Å². The molecule has 18 heavy (non-hydrogen) atoms. The van der Waals surface area contributed by atoms with Crippen molar-refractivity contribution in [3.8, 4) is 0 Å². The summed E-state index contributed by atoms with van der Waals surface area (Å²) in [6.07, 6.45) is 4.97. The summed E-state index contributed by atoms with van der Waals surface area (Å²) in [5.74, 6) is 0. The van der Waals surface area contributed by atoms with Gasteiger partial charge in [0.1, 0.15) is 0 Å². The van der Waals surface area contributed by atoms with E-state index in [1.165, 1.54) is 37.1 Å². The van der Waals surface area contributed by atoms with E-state index in [2.05, 4.69) is 48.3 Å². The molecule has 2 rings (SSSR count). The van der Waals surface area contributed by atoms with Crippen molar-refractivity contribution in [2.45, 2.75) is 45.6 Å². The average molecular weight is 246 g/mol. The standard InChI is InChI=1S/C16H26N2/c1-3-10-17-15-8-6-11-18(13-15)16-9-5-7-14(4-2)12-16/h5,7,9,12,15,17H,3-4,6,8,10-11,13H2,1-2H3. The number of benzene rings is 1. The van der Waals surface area contributed by atoms with Gasteiger partial charge < -0.3 is 10.2 Å². The number of nitrogens with zero attached hydrogens (tertiary/aromatic N) is 1. The molecule has 100 valence electrons. The average Bonchev–Trinajstić information content (AvgIpc) is 2.45. The topological polar surface area (TPSA) is 15.3 Å². The molecule has 1 aromatic rings. The zero-order chi connectivity index (χ0) is 12.8. The quantitative estimate of drug-likeness (QED) is 0.858. The van der Waals surface area contributed by atoms with E-state index < -0.39 is 0 Å². The van der Waals surface area contributed by atoms with Crippen LogP contribution in [0.3, 0.4) is 0 Å². The summed E-state index contributed by atoms with van der Waals surface area (Å²) >= 11 is 0. The first-order valence-electron chi connectivity index (χ1n) is 7.40. The smallest absolute Gasteiger partial charge is 0.0369 e. The van der Waals surface area contributed by atoms with Gasteiger partial charge in [-0.25, -0.2) is 0 Å². The van der Waals surface area contributed by atoms with Gasteiger partial charge in [-0.05, 0) is 49.9 Å². The normalized spacial score (nSPS) is 20.1. The molecule has 1 heterocycles. The second-order valence-corrected chi connectivity index (χ2v) is 5.26. The molecule has 2 nitrogen and oxygen atoms in total. The van der Waals surface area contributed by atoms with E-state index in [1.54, 1.807) is 0 Å². The van der Waals surface area contributed by atoms with Gasteiger partial charge in [0.15, 0.2) is 0 Å². The lowest BCUT2D eigenvalue weighted by Gasteiger charge is -2.35. The van der Waals surface area contributed by atoms with Crippen LogP contribution in [0.5, 0.6) is 0 Å². The maximum absolute atomic E-state index is 3.66. The Morgan fingerprint density at radius 2 is 2.22 bits per heavy atom. The van der Waals surface area contributed by atoms with Gasteiger partial charge in [-0.3, -0.25) is 0 Å². The summed E-state index contributed by atoms with van der Waals surface area (Å²) in [7, 11) is 0. The lowest BCUT2D eigenvalue weighted by Crippen LogP contribution is -2.46. The first-order chi connectivity index (χ1) is 8.83. The molecular formula is C16H26N2. The van der Waals surface area contributed by atoms with Gasteiger partial charge in [-0.1, -0.05) is 26.0 Å². The number of hydrogen-bond donors (Lipinski definition) is 1. The lowest BCUT2D eigenvalue weighted by atomic mass is 10.0. The van der Waals surface area contributed by atoms with Crippen LogP contribution in [0.2, 0.25) is 0 Å². The first kappa shape index (κ1) is 13.4. The van der Waals surface area contributed by atoms with E-state index in [9.17, 15) is 0 Å². The molecule has 1 aromatic carbocycles.